The van der Waals surface area contributed by atoms with Crippen molar-refractivity contribution in [1.29, 1.82) is 0 Å². The van der Waals surface area contributed by atoms with Gasteiger partial charge in [0.2, 0.25) is 10.0 Å². The van der Waals surface area contributed by atoms with Gasteiger partial charge in [-0.1, -0.05) is 0 Å². The maximum atomic E-state index is 13.8. The van der Waals surface area contributed by atoms with Crippen molar-refractivity contribution in [2.75, 3.05) is 13.1 Å². The highest BCUT2D eigenvalue weighted by atomic mass is 35.5. The topological polar surface area (TPSA) is 49.4 Å². The normalized spacial score (nSPS) is 26.2. The summed E-state index contributed by atoms with van der Waals surface area (Å²) in [5.74, 6) is -1.65. The van der Waals surface area contributed by atoms with Gasteiger partial charge in [-0.3, -0.25) is 0 Å². The molecule has 0 aromatic heterocycles. The molecule has 21 heavy (non-hydrogen) atoms. The van der Waals surface area contributed by atoms with Crippen LogP contribution in [-0.4, -0.2) is 37.9 Å². The first-order valence-corrected chi connectivity index (χ1v) is 8.13. The molecule has 1 N–H and O–H groups in total. The average molecular weight is 339 g/mol. The molecule has 2 unspecified atom stereocenters. The third-order valence-electron chi connectivity index (χ3n) is 4.04. The molecule has 3 rings (SSSR count). The lowest BCUT2D eigenvalue weighted by atomic mass is 10.1. The van der Waals surface area contributed by atoms with Gasteiger partial charge in [0.05, 0.1) is 0 Å². The van der Waals surface area contributed by atoms with Crippen molar-refractivity contribution in [2.45, 2.75) is 36.2 Å². The lowest BCUT2D eigenvalue weighted by Crippen LogP contribution is -2.42. The first kappa shape index (κ1) is 16.6. The largest absolute Gasteiger partial charge is 0.315 e. The van der Waals surface area contributed by atoms with E-state index >= 15 is 0 Å². The highest BCUT2D eigenvalue weighted by Crippen LogP contribution is 2.34. The second kappa shape index (κ2) is 6.16. The fourth-order valence-corrected chi connectivity index (χ4v) is 5.10. The number of nitrogens with zero attached hydrogens (tertiary/aromatic N) is 1. The highest BCUT2D eigenvalue weighted by Gasteiger charge is 2.43. The van der Waals surface area contributed by atoms with Gasteiger partial charge in [0.25, 0.3) is 0 Å². The van der Waals surface area contributed by atoms with E-state index in [1.54, 1.807) is 0 Å². The van der Waals surface area contributed by atoms with E-state index in [2.05, 4.69) is 5.32 Å². The van der Waals surface area contributed by atoms with E-state index in [4.69, 9.17) is 0 Å². The standard InChI is InChI=1S/C13H16F2N2O2S.ClH/c14-9-1-4-12(15)13(7-9)20(18,19)17-10-2-3-11(17)8-16-6-5-10;/h1,4,7,10-11,16H,2-3,5-6,8H2;1H. The predicted octanol–water partition coefficient (Wildman–Crippen LogP) is 1.90. The molecule has 2 aliphatic heterocycles. The summed E-state index contributed by atoms with van der Waals surface area (Å²) in [6.45, 7) is 1.31. The van der Waals surface area contributed by atoms with Crippen molar-refractivity contribution in [2.24, 2.45) is 0 Å². The second-order valence-corrected chi connectivity index (χ2v) is 7.10. The minimum Gasteiger partial charge on any atom is -0.315 e. The van der Waals surface area contributed by atoms with E-state index in [0.717, 1.165) is 37.6 Å². The molecule has 2 fully saturated rings. The van der Waals surface area contributed by atoms with Crippen LogP contribution in [0.1, 0.15) is 19.3 Å². The number of halogens is 3. The zero-order valence-corrected chi connectivity index (χ0v) is 12.9. The first-order chi connectivity index (χ1) is 9.50. The molecular weight excluding hydrogens is 322 g/mol. The summed E-state index contributed by atoms with van der Waals surface area (Å²) in [6, 6.07) is 2.26. The Bertz CT molecular complexity index is 613. The Kier molecular flexibility index (Phi) is 4.87. The fourth-order valence-electron chi connectivity index (χ4n) is 3.12. The molecule has 2 saturated heterocycles. The number of hydrogen-bond donors (Lipinski definition) is 1. The minimum atomic E-state index is -4.00. The third-order valence-corrected chi connectivity index (χ3v) is 6.06. The number of fused-ring (bicyclic) bond motifs is 2. The number of hydrogen-bond acceptors (Lipinski definition) is 3. The molecule has 4 nitrogen and oxygen atoms in total. The lowest BCUT2D eigenvalue weighted by molar-refractivity contribution is 0.332. The molecule has 118 valence electrons. The van der Waals surface area contributed by atoms with Gasteiger partial charge in [-0.2, -0.15) is 4.31 Å². The zero-order chi connectivity index (χ0) is 14.3. The molecule has 0 spiro atoms. The summed E-state index contributed by atoms with van der Waals surface area (Å²) in [5.41, 5.74) is 0. The first-order valence-electron chi connectivity index (χ1n) is 6.69. The van der Waals surface area contributed by atoms with E-state index in [1.807, 2.05) is 0 Å². The smallest absolute Gasteiger partial charge is 0.246 e. The molecule has 2 heterocycles. The molecule has 0 saturated carbocycles. The number of benzene rings is 1. The van der Waals surface area contributed by atoms with Gasteiger partial charge >= 0.3 is 0 Å². The molecule has 2 bridgehead atoms. The molecule has 8 heteroatoms. The number of rotatable bonds is 2. The van der Waals surface area contributed by atoms with Crippen LogP contribution in [0.15, 0.2) is 23.1 Å². The van der Waals surface area contributed by atoms with Gasteiger partial charge in [-0.15, -0.1) is 12.4 Å². The fraction of sp³-hybridized carbons (Fsp3) is 0.538. The van der Waals surface area contributed by atoms with Crippen molar-refractivity contribution < 1.29 is 17.2 Å². The van der Waals surface area contributed by atoms with E-state index < -0.39 is 26.6 Å². The van der Waals surface area contributed by atoms with E-state index in [9.17, 15) is 17.2 Å². The van der Waals surface area contributed by atoms with Crippen LogP contribution in [-0.2, 0) is 10.0 Å². The molecule has 2 aliphatic rings. The lowest BCUT2D eigenvalue weighted by Gasteiger charge is -2.27. The minimum absolute atomic E-state index is 0. The summed E-state index contributed by atoms with van der Waals surface area (Å²) >= 11 is 0. The van der Waals surface area contributed by atoms with Crippen molar-refractivity contribution in [3.63, 3.8) is 0 Å². The predicted molar refractivity (Wildman–Crippen MR) is 76.9 cm³/mol. The van der Waals surface area contributed by atoms with Crippen molar-refractivity contribution in [1.82, 2.24) is 9.62 Å². The van der Waals surface area contributed by atoms with Crippen molar-refractivity contribution >= 4 is 22.4 Å². The molecule has 1 aromatic carbocycles. The van der Waals surface area contributed by atoms with Crippen LogP contribution in [0.25, 0.3) is 0 Å². The van der Waals surface area contributed by atoms with E-state index in [-0.39, 0.29) is 24.5 Å². The summed E-state index contributed by atoms with van der Waals surface area (Å²) in [4.78, 5) is -0.559. The van der Waals surface area contributed by atoms with Crippen molar-refractivity contribution in [3.05, 3.63) is 29.8 Å². The van der Waals surface area contributed by atoms with Gasteiger partial charge in [0, 0.05) is 18.6 Å². The quantitative estimate of drug-likeness (QED) is 0.896. The van der Waals surface area contributed by atoms with Gasteiger partial charge in [0.15, 0.2) is 0 Å². The Balaban J connectivity index is 0.00000161. The van der Waals surface area contributed by atoms with Gasteiger partial charge < -0.3 is 5.32 Å². The maximum Gasteiger partial charge on any atom is 0.246 e. The summed E-state index contributed by atoms with van der Waals surface area (Å²) in [5, 5.41) is 3.18. The monoisotopic (exact) mass is 338 g/mol. The molecule has 0 aliphatic carbocycles. The van der Waals surface area contributed by atoms with Gasteiger partial charge in [-0.05, 0) is 44.0 Å². The third kappa shape index (κ3) is 2.92. The van der Waals surface area contributed by atoms with Crippen molar-refractivity contribution in [3.8, 4) is 0 Å². The summed E-state index contributed by atoms with van der Waals surface area (Å²) in [6.07, 6.45) is 2.24. The van der Waals surface area contributed by atoms with Gasteiger partial charge in [0.1, 0.15) is 16.5 Å². The Labute approximate surface area is 129 Å². The molecule has 1 aromatic rings. The molecular formula is C13H17ClF2N2O2S. The maximum absolute atomic E-state index is 13.8. The Morgan fingerprint density at radius 2 is 1.86 bits per heavy atom. The molecule has 0 amide bonds. The van der Waals surface area contributed by atoms with Gasteiger partial charge in [-0.25, -0.2) is 17.2 Å². The van der Waals surface area contributed by atoms with Crippen LogP contribution in [0.4, 0.5) is 8.78 Å². The van der Waals surface area contributed by atoms with E-state index in [0.29, 0.717) is 13.0 Å². The van der Waals surface area contributed by atoms with Crippen LogP contribution in [0.5, 0.6) is 0 Å². The Morgan fingerprint density at radius 1 is 1.14 bits per heavy atom. The van der Waals surface area contributed by atoms with Crippen LogP contribution < -0.4 is 5.32 Å². The second-order valence-electron chi connectivity index (χ2n) is 5.29. The number of nitrogens with one attached hydrogen (secondary N) is 1. The summed E-state index contributed by atoms with van der Waals surface area (Å²) in [7, 11) is -4.00. The highest BCUT2D eigenvalue weighted by molar-refractivity contribution is 7.89. The van der Waals surface area contributed by atoms with E-state index in [1.165, 1.54) is 4.31 Å². The zero-order valence-electron chi connectivity index (χ0n) is 11.3. The SMILES string of the molecule is Cl.O=S(=O)(c1cc(F)ccc1F)N1C2CCNCC1CC2. The molecule has 2 atom stereocenters. The Hall–Kier alpha value is -0.760. The molecule has 0 radical (unpaired) electrons. The van der Waals surface area contributed by atoms with Crippen LogP contribution >= 0.6 is 12.4 Å². The number of sulfonamides is 1. The van der Waals surface area contributed by atoms with Crippen LogP contribution in [0.3, 0.4) is 0 Å². The van der Waals surface area contributed by atoms with Crippen LogP contribution in [0, 0.1) is 11.6 Å². The average Bonchev–Trinajstić information content (AvgIpc) is 2.66. The Morgan fingerprint density at radius 3 is 2.62 bits per heavy atom. The summed E-state index contributed by atoms with van der Waals surface area (Å²) < 4.78 is 53.8. The van der Waals surface area contributed by atoms with Crippen LogP contribution in [0.2, 0.25) is 0 Å².